The van der Waals surface area contributed by atoms with Crippen LogP contribution in [0.3, 0.4) is 0 Å². The number of rotatable bonds is 4. The van der Waals surface area contributed by atoms with Gasteiger partial charge in [0.1, 0.15) is 5.75 Å². The SMILES string of the molecule is CCc1cc(C=Cc2ccccn2)cc(CC)c1O. The number of pyridine rings is 1. The lowest BCUT2D eigenvalue weighted by molar-refractivity contribution is 0.462. The third kappa shape index (κ3) is 3.22. The van der Waals surface area contributed by atoms with Crippen molar-refractivity contribution in [3.8, 4) is 5.75 Å². The predicted octanol–water partition coefficient (Wildman–Crippen LogP) is 4.08. The molecule has 0 bridgehead atoms. The van der Waals surface area contributed by atoms with Crippen LogP contribution in [0, 0.1) is 0 Å². The highest BCUT2D eigenvalue weighted by Gasteiger charge is 2.06. The molecular formula is C17H19NO. The zero-order valence-corrected chi connectivity index (χ0v) is 11.4. The Labute approximate surface area is 114 Å². The number of phenolic OH excluding ortho intramolecular Hbond substituents is 1. The van der Waals surface area contributed by atoms with Crippen molar-refractivity contribution in [3.63, 3.8) is 0 Å². The van der Waals surface area contributed by atoms with E-state index in [1.807, 2.05) is 42.5 Å². The summed E-state index contributed by atoms with van der Waals surface area (Å²) in [6.07, 6.45) is 7.49. The molecule has 2 nitrogen and oxygen atoms in total. The largest absolute Gasteiger partial charge is 0.507 e. The molecule has 98 valence electrons. The molecule has 0 saturated heterocycles. The quantitative estimate of drug-likeness (QED) is 0.890. The molecule has 1 N–H and O–H groups in total. The van der Waals surface area contributed by atoms with Gasteiger partial charge in [-0.2, -0.15) is 0 Å². The number of aryl methyl sites for hydroxylation is 2. The van der Waals surface area contributed by atoms with Gasteiger partial charge in [0.25, 0.3) is 0 Å². The summed E-state index contributed by atoms with van der Waals surface area (Å²) in [6, 6.07) is 9.92. The molecule has 0 aliphatic rings. The topological polar surface area (TPSA) is 33.1 Å². The van der Waals surface area contributed by atoms with Gasteiger partial charge in [0, 0.05) is 6.20 Å². The first kappa shape index (κ1) is 13.3. The van der Waals surface area contributed by atoms with Gasteiger partial charge in [0.15, 0.2) is 0 Å². The summed E-state index contributed by atoms with van der Waals surface area (Å²) in [6.45, 7) is 4.11. The van der Waals surface area contributed by atoms with Crippen molar-refractivity contribution in [1.82, 2.24) is 4.98 Å². The van der Waals surface area contributed by atoms with E-state index in [-0.39, 0.29) is 0 Å². The summed E-state index contributed by atoms with van der Waals surface area (Å²) in [5.74, 6) is 0.444. The lowest BCUT2D eigenvalue weighted by Crippen LogP contribution is -1.90. The average Bonchev–Trinajstić information content (AvgIpc) is 2.47. The Balaban J connectivity index is 2.33. The molecule has 19 heavy (non-hydrogen) atoms. The highest BCUT2D eigenvalue weighted by atomic mass is 16.3. The molecule has 0 spiro atoms. The van der Waals surface area contributed by atoms with Crippen LogP contribution in [0.4, 0.5) is 0 Å². The zero-order valence-electron chi connectivity index (χ0n) is 11.4. The Kier molecular flexibility index (Phi) is 4.35. The van der Waals surface area contributed by atoms with Gasteiger partial charge in [-0.25, -0.2) is 0 Å². The van der Waals surface area contributed by atoms with E-state index in [0.717, 1.165) is 35.2 Å². The third-order valence-corrected chi connectivity index (χ3v) is 3.19. The fourth-order valence-corrected chi connectivity index (χ4v) is 2.08. The first-order chi connectivity index (χ1) is 9.24. The molecule has 0 amide bonds. The van der Waals surface area contributed by atoms with Crippen molar-refractivity contribution in [1.29, 1.82) is 0 Å². The van der Waals surface area contributed by atoms with Crippen molar-refractivity contribution >= 4 is 12.2 Å². The molecule has 0 atom stereocenters. The highest BCUT2D eigenvalue weighted by molar-refractivity contribution is 5.69. The molecule has 1 aromatic heterocycles. The third-order valence-electron chi connectivity index (χ3n) is 3.19. The summed E-state index contributed by atoms with van der Waals surface area (Å²) in [5, 5.41) is 10.1. The van der Waals surface area contributed by atoms with Crippen LogP contribution in [0.5, 0.6) is 5.75 Å². The van der Waals surface area contributed by atoms with Gasteiger partial charge in [-0.05, 0) is 59.9 Å². The van der Waals surface area contributed by atoms with Gasteiger partial charge in [0.05, 0.1) is 5.69 Å². The number of hydrogen-bond acceptors (Lipinski definition) is 2. The summed E-state index contributed by atoms with van der Waals surface area (Å²) in [5.41, 5.74) is 4.05. The van der Waals surface area contributed by atoms with Gasteiger partial charge in [-0.3, -0.25) is 4.98 Å². The monoisotopic (exact) mass is 253 g/mol. The predicted molar refractivity (Wildman–Crippen MR) is 80.0 cm³/mol. The standard InChI is InChI=1S/C17H19NO/c1-3-14-11-13(12-15(4-2)17(14)19)8-9-16-7-5-6-10-18-16/h5-12,19H,3-4H2,1-2H3. The molecule has 2 heteroatoms. The van der Waals surface area contributed by atoms with E-state index in [9.17, 15) is 5.11 Å². The highest BCUT2D eigenvalue weighted by Crippen LogP contribution is 2.26. The molecule has 0 fully saturated rings. The summed E-state index contributed by atoms with van der Waals surface area (Å²) in [7, 11) is 0. The Morgan fingerprint density at radius 2 is 1.74 bits per heavy atom. The normalized spacial score (nSPS) is 11.1. The Hall–Kier alpha value is -2.09. The van der Waals surface area contributed by atoms with Gasteiger partial charge >= 0.3 is 0 Å². The number of phenols is 1. The minimum Gasteiger partial charge on any atom is -0.507 e. The maximum Gasteiger partial charge on any atom is 0.121 e. The van der Waals surface area contributed by atoms with E-state index in [2.05, 4.69) is 18.8 Å². The molecular weight excluding hydrogens is 234 g/mol. The van der Waals surface area contributed by atoms with Gasteiger partial charge in [-0.1, -0.05) is 26.0 Å². The van der Waals surface area contributed by atoms with Crippen molar-refractivity contribution in [3.05, 3.63) is 58.9 Å². The molecule has 0 aliphatic heterocycles. The molecule has 1 aromatic carbocycles. The van der Waals surface area contributed by atoms with E-state index in [1.165, 1.54) is 0 Å². The second kappa shape index (κ2) is 6.19. The molecule has 2 aromatic rings. The van der Waals surface area contributed by atoms with Crippen LogP contribution >= 0.6 is 0 Å². The van der Waals surface area contributed by atoms with E-state index < -0.39 is 0 Å². The smallest absolute Gasteiger partial charge is 0.121 e. The van der Waals surface area contributed by atoms with Crippen molar-refractivity contribution in [2.75, 3.05) is 0 Å². The number of aromatic hydroxyl groups is 1. The van der Waals surface area contributed by atoms with E-state index in [1.54, 1.807) is 6.20 Å². The van der Waals surface area contributed by atoms with Crippen LogP contribution in [0.1, 0.15) is 36.2 Å². The van der Waals surface area contributed by atoms with Crippen LogP contribution in [0.25, 0.3) is 12.2 Å². The maximum absolute atomic E-state index is 10.1. The first-order valence-electron chi connectivity index (χ1n) is 6.68. The molecule has 1 heterocycles. The fourth-order valence-electron chi connectivity index (χ4n) is 2.08. The van der Waals surface area contributed by atoms with Gasteiger partial charge in [0.2, 0.25) is 0 Å². The Morgan fingerprint density at radius 1 is 1.05 bits per heavy atom. The van der Waals surface area contributed by atoms with Crippen LogP contribution in [0.15, 0.2) is 36.5 Å². The lowest BCUT2D eigenvalue weighted by atomic mass is 10.00. The van der Waals surface area contributed by atoms with Crippen molar-refractivity contribution < 1.29 is 5.11 Å². The van der Waals surface area contributed by atoms with Gasteiger partial charge < -0.3 is 5.11 Å². The molecule has 0 unspecified atom stereocenters. The minimum absolute atomic E-state index is 0.444. The summed E-state index contributed by atoms with van der Waals surface area (Å²) < 4.78 is 0. The molecule has 0 radical (unpaired) electrons. The summed E-state index contributed by atoms with van der Waals surface area (Å²) in [4.78, 5) is 4.26. The van der Waals surface area contributed by atoms with Crippen LogP contribution < -0.4 is 0 Å². The van der Waals surface area contributed by atoms with Gasteiger partial charge in [-0.15, -0.1) is 0 Å². The first-order valence-corrected chi connectivity index (χ1v) is 6.68. The van der Waals surface area contributed by atoms with Crippen molar-refractivity contribution in [2.45, 2.75) is 26.7 Å². The van der Waals surface area contributed by atoms with E-state index in [0.29, 0.717) is 5.75 Å². The van der Waals surface area contributed by atoms with Crippen molar-refractivity contribution in [2.24, 2.45) is 0 Å². The second-order valence-corrected chi connectivity index (χ2v) is 4.48. The maximum atomic E-state index is 10.1. The number of nitrogens with zero attached hydrogens (tertiary/aromatic N) is 1. The Bertz CT molecular complexity index is 548. The number of hydrogen-bond donors (Lipinski definition) is 1. The molecule has 0 aliphatic carbocycles. The average molecular weight is 253 g/mol. The van der Waals surface area contributed by atoms with Crippen LogP contribution in [-0.4, -0.2) is 10.1 Å². The van der Waals surface area contributed by atoms with E-state index in [4.69, 9.17) is 0 Å². The van der Waals surface area contributed by atoms with E-state index >= 15 is 0 Å². The Morgan fingerprint density at radius 3 is 2.26 bits per heavy atom. The number of benzene rings is 1. The van der Waals surface area contributed by atoms with Crippen LogP contribution in [0.2, 0.25) is 0 Å². The minimum atomic E-state index is 0.444. The molecule has 0 saturated carbocycles. The van der Waals surface area contributed by atoms with Crippen LogP contribution in [-0.2, 0) is 12.8 Å². The summed E-state index contributed by atoms with van der Waals surface area (Å²) >= 11 is 0. The number of aromatic nitrogens is 1. The lowest BCUT2D eigenvalue weighted by Gasteiger charge is -2.09. The fraction of sp³-hybridized carbons (Fsp3) is 0.235. The molecule has 2 rings (SSSR count). The zero-order chi connectivity index (χ0) is 13.7. The second-order valence-electron chi connectivity index (χ2n) is 4.48.